The van der Waals surface area contributed by atoms with E-state index >= 15 is 0 Å². The van der Waals surface area contributed by atoms with Gasteiger partial charge in [0.2, 0.25) is 5.91 Å². The number of nitrogens with zero attached hydrogens (tertiary/aromatic N) is 1. The van der Waals surface area contributed by atoms with Gasteiger partial charge in [0.15, 0.2) is 0 Å². The number of carbonyl (C=O) groups is 2. The molecule has 2 amide bonds. The Labute approximate surface area is 133 Å². The number of hydrogen-bond acceptors (Lipinski definition) is 3. The first-order chi connectivity index (χ1) is 11.1. The van der Waals surface area contributed by atoms with E-state index in [0.717, 1.165) is 10.9 Å². The zero-order valence-corrected chi connectivity index (χ0v) is 12.5. The van der Waals surface area contributed by atoms with Crippen LogP contribution in [0, 0.1) is 0 Å². The first-order valence-electron chi connectivity index (χ1n) is 7.16. The van der Waals surface area contributed by atoms with Gasteiger partial charge in [-0.2, -0.15) is 0 Å². The minimum Gasteiger partial charge on any atom is -0.326 e. The number of aromatic nitrogens is 1. The van der Waals surface area contributed by atoms with Gasteiger partial charge < -0.3 is 10.6 Å². The molecular weight excluding hydrogens is 290 g/mol. The molecule has 0 saturated carbocycles. The summed E-state index contributed by atoms with van der Waals surface area (Å²) >= 11 is 0. The maximum Gasteiger partial charge on any atom is 0.274 e. The molecule has 0 aliphatic rings. The molecule has 3 rings (SSSR count). The molecule has 0 radical (unpaired) electrons. The lowest BCUT2D eigenvalue weighted by molar-refractivity contribution is -0.114. The third-order valence-corrected chi connectivity index (χ3v) is 3.29. The Balaban J connectivity index is 1.76. The van der Waals surface area contributed by atoms with E-state index in [1.54, 1.807) is 30.3 Å². The highest BCUT2D eigenvalue weighted by Crippen LogP contribution is 2.16. The van der Waals surface area contributed by atoms with Gasteiger partial charge in [-0.1, -0.05) is 24.3 Å². The van der Waals surface area contributed by atoms with E-state index in [-0.39, 0.29) is 11.8 Å². The standard InChI is InChI=1S/C18H15N3O2/c1-12(22)19-14-7-9-15(10-8-14)20-18(23)17-11-6-13-4-2-3-5-16(13)21-17/h2-11H,1H3,(H,19,22)(H,20,23). The van der Waals surface area contributed by atoms with Crippen LogP contribution in [0.25, 0.3) is 10.9 Å². The Hall–Kier alpha value is -3.21. The molecule has 1 aromatic heterocycles. The summed E-state index contributed by atoms with van der Waals surface area (Å²) in [5.74, 6) is -0.412. The second-order valence-electron chi connectivity index (χ2n) is 5.10. The molecule has 0 saturated heterocycles. The van der Waals surface area contributed by atoms with Crippen molar-refractivity contribution in [3.63, 3.8) is 0 Å². The van der Waals surface area contributed by atoms with Crippen molar-refractivity contribution in [2.75, 3.05) is 10.6 Å². The molecule has 0 unspecified atom stereocenters. The summed E-state index contributed by atoms with van der Waals surface area (Å²) in [4.78, 5) is 27.6. The Bertz CT molecular complexity index is 873. The van der Waals surface area contributed by atoms with E-state index < -0.39 is 0 Å². The van der Waals surface area contributed by atoms with E-state index in [1.165, 1.54) is 6.92 Å². The van der Waals surface area contributed by atoms with Crippen molar-refractivity contribution in [3.05, 3.63) is 66.4 Å². The predicted octanol–water partition coefficient (Wildman–Crippen LogP) is 3.45. The van der Waals surface area contributed by atoms with Crippen LogP contribution in [0.15, 0.2) is 60.7 Å². The van der Waals surface area contributed by atoms with Crippen LogP contribution in [0.5, 0.6) is 0 Å². The summed E-state index contributed by atoms with van der Waals surface area (Å²) in [7, 11) is 0. The molecule has 1 heterocycles. The van der Waals surface area contributed by atoms with Crippen LogP contribution in [-0.4, -0.2) is 16.8 Å². The summed E-state index contributed by atoms with van der Waals surface area (Å²) in [5, 5.41) is 6.45. The van der Waals surface area contributed by atoms with Crippen LogP contribution in [0.3, 0.4) is 0 Å². The van der Waals surface area contributed by atoms with Crippen molar-refractivity contribution in [1.29, 1.82) is 0 Å². The fraction of sp³-hybridized carbons (Fsp3) is 0.0556. The van der Waals surface area contributed by atoms with Crippen molar-refractivity contribution < 1.29 is 9.59 Å². The quantitative estimate of drug-likeness (QED) is 0.778. The molecule has 0 aliphatic carbocycles. The molecule has 23 heavy (non-hydrogen) atoms. The minimum atomic E-state index is -0.275. The molecule has 0 spiro atoms. The molecule has 0 atom stereocenters. The molecule has 0 aliphatic heterocycles. The van der Waals surface area contributed by atoms with E-state index in [9.17, 15) is 9.59 Å². The van der Waals surface area contributed by atoms with Crippen LogP contribution in [0.1, 0.15) is 17.4 Å². The molecule has 5 heteroatoms. The van der Waals surface area contributed by atoms with Crippen LogP contribution in [-0.2, 0) is 4.79 Å². The molecule has 0 fully saturated rings. The van der Waals surface area contributed by atoms with Gasteiger partial charge in [0.1, 0.15) is 5.69 Å². The molecule has 3 aromatic rings. The van der Waals surface area contributed by atoms with E-state index in [0.29, 0.717) is 17.1 Å². The highest BCUT2D eigenvalue weighted by molar-refractivity contribution is 6.04. The van der Waals surface area contributed by atoms with Crippen molar-refractivity contribution in [2.24, 2.45) is 0 Å². The van der Waals surface area contributed by atoms with Crippen LogP contribution in [0.4, 0.5) is 11.4 Å². The summed E-state index contributed by atoms with van der Waals surface area (Å²) in [6.45, 7) is 1.45. The Morgan fingerprint density at radius 1 is 0.826 bits per heavy atom. The number of carbonyl (C=O) groups excluding carboxylic acids is 2. The second kappa shape index (κ2) is 6.27. The Kier molecular flexibility index (Phi) is 4.01. The van der Waals surface area contributed by atoms with E-state index in [1.807, 2.05) is 30.3 Å². The fourth-order valence-electron chi connectivity index (χ4n) is 2.23. The zero-order valence-electron chi connectivity index (χ0n) is 12.5. The van der Waals surface area contributed by atoms with Gasteiger partial charge in [-0.15, -0.1) is 0 Å². The number of benzene rings is 2. The summed E-state index contributed by atoms with van der Waals surface area (Å²) < 4.78 is 0. The minimum absolute atomic E-state index is 0.137. The average molecular weight is 305 g/mol. The van der Waals surface area contributed by atoms with Gasteiger partial charge in [0.25, 0.3) is 5.91 Å². The summed E-state index contributed by atoms with van der Waals surface area (Å²) in [6, 6.07) is 18.1. The van der Waals surface area contributed by atoms with Gasteiger partial charge >= 0.3 is 0 Å². The highest BCUT2D eigenvalue weighted by atomic mass is 16.2. The number of amides is 2. The number of anilines is 2. The highest BCUT2D eigenvalue weighted by Gasteiger charge is 2.08. The van der Waals surface area contributed by atoms with Crippen LogP contribution in [0.2, 0.25) is 0 Å². The monoisotopic (exact) mass is 305 g/mol. The van der Waals surface area contributed by atoms with E-state index in [2.05, 4.69) is 15.6 Å². The van der Waals surface area contributed by atoms with Crippen LogP contribution < -0.4 is 10.6 Å². The maximum absolute atomic E-state index is 12.3. The van der Waals surface area contributed by atoms with E-state index in [4.69, 9.17) is 0 Å². The third kappa shape index (κ3) is 3.52. The molecule has 114 valence electrons. The van der Waals surface area contributed by atoms with Gasteiger partial charge in [0.05, 0.1) is 5.52 Å². The van der Waals surface area contributed by atoms with Gasteiger partial charge in [-0.25, -0.2) is 4.98 Å². The maximum atomic E-state index is 12.3. The molecule has 5 nitrogen and oxygen atoms in total. The largest absolute Gasteiger partial charge is 0.326 e. The Morgan fingerprint density at radius 2 is 1.48 bits per heavy atom. The van der Waals surface area contributed by atoms with Crippen LogP contribution >= 0.6 is 0 Å². The molecular formula is C18H15N3O2. The second-order valence-corrected chi connectivity index (χ2v) is 5.10. The first-order valence-corrected chi connectivity index (χ1v) is 7.16. The summed E-state index contributed by atoms with van der Waals surface area (Å²) in [6.07, 6.45) is 0. The number of fused-ring (bicyclic) bond motifs is 1. The van der Waals surface area contributed by atoms with Crippen molar-refractivity contribution >= 4 is 34.1 Å². The topological polar surface area (TPSA) is 71.1 Å². The molecule has 0 bridgehead atoms. The number of nitrogens with one attached hydrogen (secondary N) is 2. The smallest absolute Gasteiger partial charge is 0.274 e. The molecule has 2 N–H and O–H groups in total. The normalized spacial score (nSPS) is 10.3. The van der Waals surface area contributed by atoms with Gasteiger partial charge in [0, 0.05) is 23.7 Å². The lowest BCUT2D eigenvalue weighted by Crippen LogP contribution is -2.13. The van der Waals surface area contributed by atoms with Crippen molar-refractivity contribution in [3.8, 4) is 0 Å². The third-order valence-electron chi connectivity index (χ3n) is 3.29. The number of hydrogen-bond donors (Lipinski definition) is 2. The van der Waals surface area contributed by atoms with Crippen molar-refractivity contribution in [2.45, 2.75) is 6.92 Å². The fourth-order valence-corrected chi connectivity index (χ4v) is 2.23. The number of rotatable bonds is 3. The first kappa shape index (κ1) is 14.7. The number of para-hydroxylation sites is 1. The SMILES string of the molecule is CC(=O)Nc1ccc(NC(=O)c2ccc3ccccc3n2)cc1. The molecule has 2 aromatic carbocycles. The lowest BCUT2D eigenvalue weighted by Gasteiger charge is -2.07. The zero-order chi connectivity index (χ0) is 16.2. The Morgan fingerprint density at radius 3 is 2.17 bits per heavy atom. The lowest BCUT2D eigenvalue weighted by atomic mass is 10.2. The number of pyridine rings is 1. The average Bonchev–Trinajstić information content (AvgIpc) is 2.55. The van der Waals surface area contributed by atoms with Crippen molar-refractivity contribution in [1.82, 2.24) is 4.98 Å². The predicted molar refractivity (Wildman–Crippen MR) is 90.4 cm³/mol. The van der Waals surface area contributed by atoms with Gasteiger partial charge in [-0.3, -0.25) is 9.59 Å². The summed E-state index contributed by atoms with van der Waals surface area (Å²) in [5.41, 5.74) is 2.45. The van der Waals surface area contributed by atoms with Gasteiger partial charge in [-0.05, 0) is 36.4 Å².